The molecule has 0 spiro atoms. The number of hydrogen-bond acceptors (Lipinski definition) is 0. The van der Waals surface area contributed by atoms with Crippen molar-refractivity contribution in [2.75, 3.05) is 0 Å². The molecule has 0 radical (unpaired) electrons. The monoisotopic (exact) mass is 647 g/mol. The van der Waals surface area contributed by atoms with Gasteiger partial charge in [0.15, 0.2) is 0 Å². The van der Waals surface area contributed by atoms with Gasteiger partial charge in [-0.3, -0.25) is 6.08 Å². The summed E-state index contributed by atoms with van der Waals surface area (Å²) in [6.45, 7) is 18.5. The Kier molecular flexibility index (Phi) is 16.1. The molecule has 0 nitrogen and oxygen atoms in total. The predicted octanol–water partition coefficient (Wildman–Crippen LogP) is 9.04. The second-order valence-electron chi connectivity index (χ2n) is 11.7. The third kappa shape index (κ3) is 7.66. The molecule has 0 saturated heterocycles. The number of benzene rings is 3. The Morgan fingerprint density at radius 2 is 0.900 bits per heavy atom. The minimum Gasteiger partial charge on any atom is -0.269 e. The molecule has 0 aromatic heterocycles. The summed E-state index contributed by atoms with van der Waals surface area (Å²) in [5, 5.41) is 6.01. The average Bonchev–Trinajstić information content (AvgIpc) is 3.36. The van der Waals surface area contributed by atoms with Crippen LogP contribution in [-0.2, 0) is 21.7 Å². The maximum absolute atomic E-state index is 3.79. The molecule has 0 atom stereocenters. The molecule has 5 heteroatoms. The molecule has 0 N–H and O–H groups in total. The van der Waals surface area contributed by atoms with Crippen LogP contribution in [0.4, 0.5) is 0 Å². The molecule has 3 aromatic rings. The van der Waals surface area contributed by atoms with Gasteiger partial charge in [-0.2, -0.15) is 11.3 Å². The van der Waals surface area contributed by atoms with E-state index >= 15 is 0 Å². The summed E-state index contributed by atoms with van der Waals surface area (Å²) in [4.78, 5) is 0. The van der Waals surface area contributed by atoms with Crippen LogP contribution in [0.1, 0.15) is 96.3 Å². The van der Waals surface area contributed by atoms with Crippen molar-refractivity contribution in [3.8, 4) is 0 Å². The molecule has 4 rings (SSSR count). The van der Waals surface area contributed by atoms with Crippen molar-refractivity contribution in [3.05, 3.63) is 112 Å². The van der Waals surface area contributed by atoms with Crippen LogP contribution in [0.15, 0.2) is 89.6 Å². The molecule has 0 saturated carbocycles. The zero-order chi connectivity index (χ0) is 26.0. The van der Waals surface area contributed by atoms with E-state index in [1.807, 2.05) is 0 Å². The third-order valence-electron chi connectivity index (χ3n) is 7.83. The van der Waals surface area contributed by atoms with Crippen LogP contribution in [-0.4, -0.2) is 8.07 Å². The topological polar surface area (TPSA) is 0 Å². The second kappa shape index (κ2) is 16.5. The van der Waals surface area contributed by atoms with E-state index in [0.29, 0.717) is 23.7 Å². The first-order valence-corrected chi connectivity index (χ1v) is 15.8. The molecule has 0 aliphatic heterocycles. The fourth-order valence-electron chi connectivity index (χ4n) is 5.70. The first kappa shape index (κ1) is 38.9. The van der Waals surface area contributed by atoms with Crippen molar-refractivity contribution in [1.82, 2.24) is 0 Å². The van der Waals surface area contributed by atoms with Crippen LogP contribution in [0.5, 0.6) is 0 Å². The van der Waals surface area contributed by atoms with Gasteiger partial charge in [0.2, 0.25) is 0 Å². The van der Waals surface area contributed by atoms with Crippen LogP contribution < -0.4 is 15.6 Å². The predicted molar refractivity (Wildman–Crippen MR) is 182 cm³/mol. The Hall–Kier alpha value is -1.06. The van der Waals surface area contributed by atoms with Gasteiger partial charge >= 0.3 is 0 Å². The average molecular weight is 649 g/mol. The maximum Gasteiger partial charge on any atom is 0.0993 e. The van der Waals surface area contributed by atoms with Crippen LogP contribution in [0, 0.1) is 12.0 Å². The molecule has 1 aliphatic rings. The van der Waals surface area contributed by atoms with Gasteiger partial charge in [0.25, 0.3) is 0 Å². The summed E-state index contributed by atoms with van der Waals surface area (Å²) in [7, 11) is -2.59. The van der Waals surface area contributed by atoms with Crippen LogP contribution in [0.2, 0.25) is 0 Å². The normalized spacial score (nSPS) is 12.8. The van der Waals surface area contributed by atoms with E-state index in [-0.39, 0.29) is 58.9 Å². The van der Waals surface area contributed by atoms with Crippen LogP contribution in [0.3, 0.4) is 0 Å². The number of halogens is 3. The summed E-state index contributed by atoms with van der Waals surface area (Å²) >= 11 is 0. The molecule has 0 amide bonds. The van der Waals surface area contributed by atoms with E-state index in [2.05, 4.69) is 140 Å². The van der Waals surface area contributed by atoms with Gasteiger partial charge in [-0.1, -0.05) is 150 Å². The zero-order valence-corrected chi connectivity index (χ0v) is 30.3. The smallest absolute Gasteiger partial charge is 0.0993 e. The van der Waals surface area contributed by atoms with Crippen molar-refractivity contribution >= 4 is 60.9 Å². The fourth-order valence-corrected chi connectivity index (χ4v) is 11.0. The van der Waals surface area contributed by atoms with E-state index < -0.39 is 8.07 Å². The summed E-state index contributed by atoms with van der Waals surface area (Å²) in [6.07, 6.45) is 7.21. The molecule has 0 bridgehead atoms. The largest absolute Gasteiger partial charge is 0.269 e. The minimum absolute atomic E-state index is 0. The quantitative estimate of drug-likeness (QED) is 0.130. The van der Waals surface area contributed by atoms with Gasteiger partial charge in [0.05, 0.1) is 8.07 Å². The van der Waals surface area contributed by atoms with E-state index in [1.165, 1.54) is 37.8 Å². The summed E-state index contributed by atoms with van der Waals surface area (Å²) in [5.41, 5.74) is 5.67. The van der Waals surface area contributed by atoms with E-state index in [0.717, 1.165) is 6.42 Å². The minimum atomic E-state index is -2.59. The molecular formula is C35H46Cl3SiTi-. The van der Waals surface area contributed by atoms with Gasteiger partial charge in [-0.25, -0.2) is 5.57 Å². The van der Waals surface area contributed by atoms with Crippen LogP contribution in [0.25, 0.3) is 0 Å². The van der Waals surface area contributed by atoms with Gasteiger partial charge in [-0.05, 0) is 34.4 Å². The van der Waals surface area contributed by atoms with Crippen molar-refractivity contribution < 1.29 is 21.7 Å². The maximum atomic E-state index is 3.79. The van der Waals surface area contributed by atoms with Crippen molar-refractivity contribution in [2.45, 2.75) is 79.6 Å². The van der Waals surface area contributed by atoms with Crippen molar-refractivity contribution in [3.63, 3.8) is 0 Å². The second-order valence-corrected chi connectivity index (χ2v) is 15.4. The van der Waals surface area contributed by atoms with E-state index in [9.17, 15) is 0 Å². The molecule has 0 heterocycles. The summed E-state index contributed by atoms with van der Waals surface area (Å²) in [6, 6.07) is 28.6. The number of allylic oxidation sites excluding steroid dienone is 4. The number of hydrogen-bond donors (Lipinski definition) is 0. The Morgan fingerprint density at radius 1 is 0.550 bits per heavy atom. The Balaban J connectivity index is 0.00000380. The van der Waals surface area contributed by atoms with Gasteiger partial charge in [-0.15, -0.1) is 43.6 Å². The summed E-state index contributed by atoms with van der Waals surface area (Å²) < 4.78 is 0. The molecular weight excluding hydrogens is 603 g/mol. The van der Waals surface area contributed by atoms with Crippen molar-refractivity contribution in [1.29, 1.82) is 0 Å². The number of rotatable bonds is 8. The molecule has 0 unspecified atom stereocenters. The SMILES string of the molecule is CC(C)C1=[C-]CC=C1[Si](c1cccc(C(C)C)c1)(c1cccc(C(C)C)c1)c1cccc(C(C)C)c1.Cl.Cl.Cl.[Ti]. The summed E-state index contributed by atoms with van der Waals surface area (Å²) in [5.74, 6) is 1.92. The van der Waals surface area contributed by atoms with Gasteiger partial charge in [0.1, 0.15) is 0 Å². The van der Waals surface area contributed by atoms with Gasteiger partial charge in [0, 0.05) is 21.7 Å². The molecule has 40 heavy (non-hydrogen) atoms. The Morgan fingerprint density at radius 3 is 1.20 bits per heavy atom. The Bertz CT molecular complexity index is 1170. The fraction of sp³-hybridized carbons (Fsp3) is 0.371. The molecule has 3 aromatic carbocycles. The molecule has 0 fully saturated rings. The zero-order valence-electron chi connectivity index (χ0n) is 25.2. The third-order valence-corrected chi connectivity index (χ3v) is 12.6. The van der Waals surface area contributed by atoms with Gasteiger partial charge < -0.3 is 0 Å². The Labute approximate surface area is 278 Å². The first-order chi connectivity index (χ1) is 17.2. The van der Waals surface area contributed by atoms with Crippen molar-refractivity contribution in [2.24, 2.45) is 5.92 Å². The first-order valence-electron chi connectivity index (χ1n) is 13.8. The molecule has 1 aliphatic carbocycles. The molecule has 216 valence electrons. The van der Waals surface area contributed by atoms with E-state index in [4.69, 9.17) is 0 Å². The van der Waals surface area contributed by atoms with Crippen LogP contribution >= 0.6 is 37.2 Å². The van der Waals surface area contributed by atoms with E-state index in [1.54, 1.807) is 5.20 Å². The standard InChI is InChI=1S/C35H43Si.3ClH.Ti/c1-24(2)28-13-9-16-31(21-28)36(35-20-12-19-34(35)27(7)8,32-17-10-14-29(22-32)25(3)4)33-18-11-15-30(23-33)26(5)6;;;;/h9-11,13-18,20-27H,12H2,1-8H3;3*1H;/q-1;;;;.